The lowest BCUT2D eigenvalue weighted by molar-refractivity contribution is -0.146. The summed E-state index contributed by atoms with van der Waals surface area (Å²) < 4.78 is 14.7. The van der Waals surface area contributed by atoms with Crippen molar-refractivity contribution in [1.29, 1.82) is 5.26 Å². The molecule has 3 aliphatic heterocycles. The highest BCUT2D eigenvalue weighted by molar-refractivity contribution is 8.00. The largest absolute Gasteiger partial charge is 0.324 e. The lowest BCUT2D eigenvalue weighted by Gasteiger charge is -2.46. The number of rotatable bonds is 2. The molecule has 3 saturated heterocycles. The fourth-order valence-electron chi connectivity index (χ4n) is 4.62. The molecule has 0 radical (unpaired) electrons. The number of halogens is 1. The maximum absolute atomic E-state index is 14.7. The minimum atomic E-state index is -1.16. The summed E-state index contributed by atoms with van der Waals surface area (Å²) in [7, 11) is 0. The lowest BCUT2D eigenvalue weighted by Crippen LogP contribution is -2.66. The molecular formula is C17H26FN5OS. The van der Waals surface area contributed by atoms with Gasteiger partial charge in [-0.3, -0.25) is 15.0 Å². The molecule has 3 unspecified atom stereocenters. The van der Waals surface area contributed by atoms with Gasteiger partial charge in [0.15, 0.2) is 12.5 Å². The van der Waals surface area contributed by atoms with Gasteiger partial charge in [0.2, 0.25) is 5.91 Å². The van der Waals surface area contributed by atoms with E-state index in [0.29, 0.717) is 25.6 Å². The summed E-state index contributed by atoms with van der Waals surface area (Å²) in [5.74, 6) is 0.500. The third-order valence-corrected chi connectivity index (χ3v) is 7.66. The Bertz CT molecular complexity index is 552. The lowest BCUT2D eigenvalue weighted by atomic mass is 9.89. The minimum absolute atomic E-state index is 0.0163. The number of nitrogens with one attached hydrogen (secondary N) is 1. The second-order valence-electron chi connectivity index (χ2n) is 7.54. The first kappa shape index (κ1) is 17.4. The summed E-state index contributed by atoms with van der Waals surface area (Å²) in [4.78, 5) is 18.5. The van der Waals surface area contributed by atoms with Crippen molar-refractivity contribution < 1.29 is 9.18 Å². The maximum atomic E-state index is 14.7. The zero-order chi connectivity index (χ0) is 17.4. The molecule has 3 heterocycles. The number of thioether (sulfide) groups is 1. The quantitative estimate of drug-likeness (QED) is 0.584. The van der Waals surface area contributed by atoms with E-state index in [1.165, 1.54) is 19.3 Å². The number of nitrogens with zero attached hydrogens (tertiary/aromatic N) is 4. The van der Waals surface area contributed by atoms with Crippen molar-refractivity contribution in [2.45, 2.75) is 55.2 Å². The Labute approximate surface area is 152 Å². The van der Waals surface area contributed by atoms with Gasteiger partial charge in [-0.25, -0.2) is 4.39 Å². The van der Waals surface area contributed by atoms with Crippen molar-refractivity contribution in [1.82, 2.24) is 20.0 Å². The van der Waals surface area contributed by atoms with Gasteiger partial charge in [0, 0.05) is 26.2 Å². The molecule has 1 amide bonds. The number of nitriles is 1. The number of amides is 1. The Balaban J connectivity index is 1.42. The number of alkyl halides is 1. The van der Waals surface area contributed by atoms with Crippen molar-refractivity contribution in [3.8, 4) is 6.19 Å². The van der Waals surface area contributed by atoms with E-state index in [4.69, 9.17) is 5.26 Å². The average Bonchev–Trinajstić information content (AvgIpc) is 3.04. The highest BCUT2D eigenvalue weighted by atomic mass is 32.2. The van der Waals surface area contributed by atoms with Crippen LogP contribution in [0.5, 0.6) is 0 Å². The summed E-state index contributed by atoms with van der Waals surface area (Å²) in [5.41, 5.74) is 0. The molecule has 0 aromatic heterocycles. The van der Waals surface area contributed by atoms with Crippen LogP contribution in [0.3, 0.4) is 0 Å². The summed E-state index contributed by atoms with van der Waals surface area (Å²) >= 11 is 1.60. The summed E-state index contributed by atoms with van der Waals surface area (Å²) in [6, 6.07) is -0.302. The van der Waals surface area contributed by atoms with E-state index in [1.807, 2.05) is 0 Å². The van der Waals surface area contributed by atoms with Crippen LogP contribution in [-0.2, 0) is 4.79 Å². The monoisotopic (exact) mass is 367 g/mol. The van der Waals surface area contributed by atoms with Crippen molar-refractivity contribution >= 4 is 17.7 Å². The maximum Gasteiger partial charge on any atom is 0.242 e. The number of piperazine rings is 2. The highest BCUT2D eigenvalue weighted by Crippen LogP contribution is 2.40. The van der Waals surface area contributed by atoms with Crippen LogP contribution in [0.15, 0.2) is 0 Å². The molecule has 1 N–H and O–H groups in total. The van der Waals surface area contributed by atoms with Gasteiger partial charge in [0.05, 0.1) is 11.9 Å². The molecule has 4 fully saturated rings. The topological polar surface area (TPSA) is 62.6 Å². The highest BCUT2D eigenvalue weighted by Gasteiger charge is 2.47. The Morgan fingerprint density at radius 2 is 1.92 bits per heavy atom. The predicted molar refractivity (Wildman–Crippen MR) is 94.0 cm³/mol. The first-order valence-electron chi connectivity index (χ1n) is 9.42. The van der Waals surface area contributed by atoms with Crippen molar-refractivity contribution in [2.75, 3.05) is 32.7 Å². The normalized spacial score (nSPS) is 37.8. The van der Waals surface area contributed by atoms with Gasteiger partial charge in [0.1, 0.15) is 11.4 Å². The van der Waals surface area contributed by atoms with Crippen LogP contribution in [0.1, 0.15) is 32.1 Å². The number of hydrogen-bond acceptors (Lipinski definition) is 6. The first-order valence-corrected chi connectivity index (χ1v) is 10.4. The minimum Gasteiger partial charge on any atom is -0.324 e. The zero-order valence-electron chi connectivity index (χ0n) is 14.4. The van der Waals surface area contributed by atoms with E-state index in [1.54, 1.807) is 21.6 Å². The molecule has 4 aliphatic rings. The third kappa shape index (κ3) is 3.34. The number of fused-ring (bicyclic) bond motifs is 1. The SMILES string of the molecule is N#CN1CCN2CCN(C3SC(C4CCCCC4)NC3F)C(=O)[C@H]2C1. The number of carbonyl (C=O) groups excluding carboxylic acids is 1. The van der Waals surface area contributed by atoms with Gasteiger partial charge >= 0.3 is 0 Å². The van der Waals surface area contributed by atoms with Crippen LogP contribution < -0.4 is 5.32 Å². The Morgan fingerprint density at radius 1 is 1.16 bits per heavy atom. The predicted octanol–water partition coefficient (Wildman–Crippen LogP) is 1.16. The zero-order valence-corrected chi connectivity index (χ0v) is 15.3. The standard InChI is InChI=1S/C17H26FN5OS/c18-14-17(25-15(20-14)12-4-2-1-3-5-12)23-9-8-22-7-6-21(11-19)10-13(22)16(23)24/h12-15,17,20H,1-10H2/t13-,14?,15?,17?/m1/s1. The number of hydrogen-bond donors (Lipinski definition) is 1. The first-order chi connectivity index (χ1) is 12.2. The molecule has 0 bridgehead atoms. The van der Waals surface area contributed by atoms with Crippen molar-refractivity contribution in [3.63, 3.8) is 0 Å². The van der Waals surface area contributed by atoms with Crippen LogP contribution >= 0.6 is 11.8 Å². The van der Waals surface area contributed by atoms with Gasteiger partial charge < -0.3 is 9.80 Å². The van der Waals surface area contributed by atoms with E-state index in [9.17, 15) is 9.18 Å². The summed E-state index contributed by atoms with van der Waals surface area (Å²) in [6.07, 6.45) is 7.05. The van der Waals surface area contributed by atoms with Crippen LogP contribution in [0.25, 0.3) is 0 Å². The second-order valence-corrected chi connectivity index (χ2v) is 8.81. The van der Waals surface area contributed by atoms with E-state index in [-0.39, 0.29) is 17.3 Å². The van der Waals surface area contributed by atoms with Gasteiger partial charge in [-0.2, -0.15) is 5.26 Å². The number of carbonyl (C=O) groups is 1. The van der Waals surface area contributed by atoms with Crippen molar-refractivity contribution in [3.05, 3.63) is 0 Å². The van der Waals surface area contributed by atoms with Crippen LogP contribution in [0.2, 0.25) is 0 Å². The van der Waals surface area contributed by atoms with Crippen LogP contribution in [0.4, 0.5) is 4.39 Å². The van der Waals surface area contributed by atoms with Crippen molar-refractivity contribution in [2.24, 2.45) is 5.92 Å². The molecule has 4 rings (SSSR count). The molecule has 6 nitrogen and oxygen atoms in total. The smallest absolute Gasteiger partial charge is 0.242 e. The third-order valence-electron chi connectivity index (χ3n) is 6.07. The van der Waals surface area contributed by atoms with E-state index in [0.717, 1.165) is 25.9 Å². The molecule has 138 valence electrons. The Hall–Kier alpha value is -1.04. The Morgan fingerprint density at radius 3 is 2.68 bits per heavy atom. The van der Waals surface area contributed by atoms with Crippen LogP contribution in [-0.4, -0.2) is 76.4 Å². The fraction of sp³-hybridized carbons (Fsp3) is 0.882. The molecule has 0 spiro atoms. The van der Waals surface area contributed by atoms with Crippen LogP contribution in [0, 0.1) is 17.4 Å². The summed E-state index contributed by atoms with van der Waals surface area (Å²) in [6.45, 7) is 3.19. The van der Waals surface area contributed by atoms with Gasteiger partial charge in [-0.15, -0.1) is 11.8 Å². The van der Waals surface area contributed by atoms with E-state index >= 15 is 0 Å². The fourth-order valence-corrected chi connectivity index (χ4v) is 6.19. The molecule has 1 aliphatic carbocycles. The average molecular weight is 367 g/mol. The molecule has 4 atom stereocenters. The second kappa shape index (κ2) is 7.29. The molecule has 8 heteroatoms. The van der Waals surface area contributed by atoms with Gasteiger partial charge in [0.25, 0.3) is 0 Å². The Kier molecular flexibility index (Phi) is 5.07. The molecule has 0 aromatic rings. The molecule has 25 heavy (non-hydrogen) atoms. The molecule has 1 saturated carbocycles. The summed E-state index contributed by atoms with van der Waals surface area (Å²) in [5, 5.41) is 11.9. The van der Waals surface area contributed by atoms with E-state index < -0.39 is 11.7 Å². The molecular weight excluding hydrogens is 341 g/mol. The van der Waals surface area contributed by atoms with Gasteiger partial charge in [-0.05, 0) is 18.8 Å². The van der Waals surface area contributed by atoms with Gasteiger partial charge in [-0.1, -0.05) is 19.3 Å². The molecule has 0 aromatic carbocycles. The van der Waals surface area contributed by atoms with E-state index in [2.05, 4.69) is 16.4 Å².